The lowest BCUT2D eigenvalue weighted by Gasteiger charge is -2.09. The average Bonchev–Trinajstić information content (AvgIpc) is 2.48. The SMILES string of the molecule is NCCOc1cccc(NC(=O)c2cc(Br)ccc2O)c1. The molecule has 0 aliphatic heterocycles. The Labute approximate surface area is 130 Å². The fourth-order valence-electron chi connectivity index (χ4n) is 1.73. The molecule has 2 aromatic carbocycles. The molecule has 4 N–H and O–H groups in total. The number of hydrogen-bond acceptors (Lipinski definition) is 4. The monoisotopic (exact) mass is 350 g/mol. The third kappa shape index (κ3) is 4.21. The molecule has 0 saturated heterocycles. The lowest BCUT2D eigenvalue weighted by atomic mass is 10.2. The summed E-state index contributed by atoms with van der Waals surface area (Å²) in [6.07, 6.45) is 0. The second-order valence-corrected chi connectivity index (χ2v) is 5.20. The average molecular weight is 351 g/mol. The molecule has 0 fully saturated rings. The Hall–Kier alpha value is -2.05. The van der Waals surface area contributed by atoms with Crippen molar-refractivity contribution in [3.8, 4) is 11.5 Å². The van der Waals surface area contributed by atoms with E-state index >= 15 is 0 Å². The van der Waals surface area contributed by atoms with Crippen LogP contribution in [0.1, 0.15) is 10.4 Å². The maximum Gasteiger partial charge on any atom is 0.259 e. The molecule has 5 nitrogen and oxygen atoms in total. The van der Waals surface area contributed by atoms with E-state index in [-0.39, 0.29) is 11.3 Å². The summed E-state index contributed by atoms with van der Waals surface area (Å²) in [4.78, 5) is 12.2. The van der Waals surface area contributed by atoms with E-state index in [1.165, 1.54) is 6.07 Å². The largest absolute Gasteiger partial charge is 0.507 e. The number of carbonyl (C=O) groups excluding carboxylic acids is 1. The lowest BCUT2D eigenvalue weighted by Crippen LogP contribution is -2.13. The van der Waals surface area contributed by atoms with E-state index < -0.39 is 5.91 Å². The molecule has 6 heteroatoms. The Bertz CT molecular complexity index is 647. The third-order valence-electron chi connectivity index (χ3n) is 2.68. The highest BCUT2D eigenvalue weighted by molar-refractivity contribution is 9.10. The summed E-state index contributed by atoms with van der Waals surface area (Å²) in [5.41, 5.74) is 6.14. The number of rotatable bonds is 5. The van der Waals surface area contributed by atoms with Crippen LogP contribution >= 0.6 is 15.9 Å². The van der Waals surface area contributed by atoms with Gasteiger partial charge in [-0.2, -0.15) is 0 Å². The molecule has 21 heavy (non-hydrogen) atoms. The summed E-state index contributed by atoms with van der Waals surface area (Å²) in [6, 6.07) is 11.7. The predicted molar refractivity (Wildman–Crippen MR) is 84.8 cm³/mol. The minimum absolute atomic E-state index is 0.0776. The first-order valence-corrected chi connectivity index (χ1v) is 7.12. The fourth-order valence-corrected chi connectivity index (χ4v) is 2.09. The first-order chi connectivity index (χ1) is 10.1. The molecule has 0 aliphatic carbocycles. The summed E-state index contributed by atoms with van der Waals surface area (Å²) < 4.78 is 6.11. The molecule has 0 heterocycles. The van der Waals surface area contributed by atoms with Crippen molar-refractivity contribution >= 4 is 27.5 Å². The summed E-state index contributed by atoms with van der Waals surface area (Å²) >= 11 is 3.27. The summed E-state index contributed by atoms with van der Waals surface area (Å²) in [7, 11) is 0. The fraction of sp³-hybridized carbons (Fsp3) is 0.133. The first kappa shape index (κ1) is 15.3. The molecule has 0 aromatic heterocycles. The number of carbonyl (C=O) groups is 1. The number of halogens is 1. The van der Waals surface area contributed by atoms with Gasteiger partial charge in [-0.15, -0.1) is 0 Å². The number of nitrogens with one attached hydrogen (secondary N) is 1. The zero-order chi connectivity index (χ0) is 15.2. The second kappa shape index (κ2) is 7.10. The zero-order valence-electron chi connectivity index (χ0n) is 11.2. The van der Waals surface area contributed by atoms with Crippen molar-refractivity contribution in [2.24, 2.45) is 5.73 Å². The van der Waals surface area contributed by atoms with Gasteiger partial charge in [0.15, 0.2) is 0 Å². The normalized spacial score (nSPS) is 10.2. The van der Waals surface area contributed by atoms with Crippen LogP contribution in [0.15, 0.2) is 46.9 Å². The van der Waals surface area contributed by atoms with Crippen LogP contribution in [0.25, 0.3) is 0 Å². The zero-order valence-corrected chi connectivity index (χ0v) is 12.8. The molecule has 1 amide bonds. The number of phenols is 1. The van der Waals surface area contributed by atoms with Crippen LogP contribution in [-0.2, 0) is 0 Å². The molecule has 0 unspecified atom stereocenters. The number of phenolic OH excluding ortho intramolecular Hbond substituents is 1. The maximum absolute atomic E-state index is 12.2. The number of ether oxygens (including phenoxy) is 1. The van der Waals surface area contributed by atoms with E-state index in [2.05, 4.69) is 21.2 Å². The Morgan fingerprint density at radius 3 is 2.86 bits per heavy atom. The molecule has 0 atom stereocenters. The highest BCUT2D eigenvalue weighted by Gasteiger charge is 2.12. The molecule has 0 aliphatic rings. The lowest BCUT2D eigenvalue weighted by molar-refractivity contribution is 0.102. The molecule has 0 radical (unpaired) electrons. The number of hydrogen-bond donors (Lipinski definition) is 3. The summed E-state index contributed by atoms with van der Waals surface area (Å²) in [5.74, 6) is 0.146. The van der Waals surface area contributed by atoms with E-state index in [0.29, 0.717) is 29.1 Å². The van der Waals surface area contributed by atoms with E-state index in [9.17, 15) is 9.90 Å². The van der Waals surface area contributed by atoms with Gasteiger partial charge in [0, 0.05) is 22.8 Å². The minimum atomic E-state index is -0.398. The Morgan fingerprint density at radius 1 is 1.29 bits per heavy atom. The number of amides is 1. The topological polar surface area (TPSA) is 84.6 Å². The van der Waals surface area contributed by atoms with Crippen molar-refractivity contribution in [3.05, 3.63) is 52.5 Å². The maximum atomic E-state index is 12.2. The van der Waals surface area contributed by atoms with Gasteiger partial charge < -0.3 is 20.9 Å². The van der Waals surface area contributed by atoms with Crippen molar-refractivity contribution in [1.82, 2.24) is 0 Å². The third-order valence-corrected chi connectivity index (χ3v) is 3.17. The standard InChI is InChI=1S/C15H15BrN2O3/c16-10-4-5-14(19)13(8-10)15(20)18-11-2-1-3-12(9-11)21-7-6-17/h1-5,8-9,19H,6-7,17H2,(H,18,20). The van der Waals surface area contributed by atoms with Gasteiger partial charge in [0.2, 0.25) is 0 Å². The molecule has 0 spiro atoms. The van der Waals surface area contributed by atoms with Gasteiger partial charge in [0.25, 0.3) is 5.91 Å². The molecule has 0 saturated carbocycles. The minimum Gasteiger partial charge on any atom is -0.507 e. The van der Waals surface area contributed by atoms with Crippen molar-refractivity contribution in [2.45, 2.75) is 0 Å². The Morgan fingerprint density at radius 2 is 2.10 bits per heavy atom. The Kier molecular flexibility index (Phi) is 5.19. The van der Waals surface area contributed by atoms with Gasteiger partial charge >= 0.3 is 0 Å². The molecule has 2 rings (SSSR count). The summed E-state index contributed by atoms with van der Waals surface area (Å²) in [6.45, 7) is 0.826. The van der Waals surface area contributed by atoms with Gasteiger partial charge in [-0.05, 0) is 30.3 Å². The van der Waals surface area contributed by atoms with E-state index in [0.717, 1.165) is 0 Å². The van der Waals surface area contributed by atoms with Gasteiger partial charge in [-0.1, -0.05) is 22.0 Å². The second-order valence-electron chi connectivity index (χ2n) is 4.28. The molecular formula is C15H15BrN2O3. The molecular weight excluding hydrogens is 336 g/mol. The van der Waals surface area contributed by atoms with Gasteiger partial charge in [-0.25, -0.2) is 0 Å². The number of benzene rings is 2. The van der Waals surface area contributed by atoms with E-state index in [1.54, 1.807) is 36.4 Å². The number of aromatic hydroxyl groups is 1. The van der Waals surface area contributed by atoms with Gasteiger partial charge in [0.05, 0.1) is 5.56 Å². The number of anilines is 1. The van der Waals surface area contributed by atoms with E-state index in [4.69, 9.17) is 10.5 Å². The van der Waals surface area contributed by atoms with Crippen LogP contribution in [0, 0.1) is 0 Å². The van der Waals surface area contributed by atoms with Gasteiger partial charge in [0.1, 0.15) is 18.1 Å². The quantitative estimate of drug-likeness (QED) is 0.773. The molecule has 2 aromatic rings. The molecule has 110 valence electrons. The van der Waals surface area contributed by atoms with Crippen molar-refractivity contribution in [1.29, 1.82) is 0 Å². The van der Waals surface area contributed by atoms with Crippen LogP contribution in [0.4, 0.5) is 5.69 Å². The van der Waals surface area contributed by atoms with Crippen LogP contribution in [0.2, 0.25) is 0 Å². The van der Waals surface area contributed by atoms with Crippen molar-refractivity contribution < 1.29 is 14.6 Å². The summed E-state index contributed by atoms with van der Waals surface area (Å²) in [5, 5.41) is 12.4. The van der Waals surface area contributed by atoms with E-state index in [1.807, 2.05) is 0 Å². The highest BCUT2D eigenvalue weighted by atomic mass is 79.9. The highest BCUT2D eigenvalue weighted by Crippen LogP contribution is 2.24. The van der Waals surface area contributed by atoms with Crippen LogP contribution in [0.3, 0.4) is 0 Å². The first-order valence-electron chi connectivity index (χ1n) is 6.33. The smallest absolute Gasteiger partial charge is 0.259 e. The van der Waals surface area contributed by atoms with Gasteiger partial charge in [-0.3, -0.25) is 4.79 Å². The van der Waals surface area contributed by atoms with Crippen LogP contribution in [-0.4, -0.2) is 24.2 Å². The Balaban J connectivity index is 2.14. The van der Waals surface area contributed by atoms with Crippen molar-refractivity contribution in [3.63, 3.8) is 0 Å². The van der Waals surface area contributed by atoms with Crippen LogP contribution in [0.5, 0.6) is 11.5 Å². The van der Waals surface area contributed by atoms with Crippen LogP contribution < -0.4 is 15.8 Å². The molecule has 0 bridgehead atoms. The number of nitrogens with two attached hydrogens (primary N) is 1. The van der Waals surface area contributed by atoms with Crippen molar-refractivity contribution in [2.75, 3.05) is 18.5 Å². The predicted octanol–water partition coefficient (Wildman–Crippen LogP) is 2.74.